The predicted octanol–water partition coefficient (Wildman–Crippen LogP) is 2.34. The molecule has 1 N–H and O–H groups in total. The summed E-state index contributed by atoms with van der Waals surface area (Å²) in [7, 11) is 0. The lowest BCUT2D eigenvalue weighted by atomic mass is 9.52. The van der Waals surface area contributed by atoms with E-state index in [0.717, 1.165) is 0 Å². The van der Waals surface area contributed by atoms with Crippen molar-refractivity contribution in [2.75, 3.05) is 11.7 Å². The Bertz CT molecular complexity index is 1480. The Labute approximate surface area is 228 Å². The SMILES string of the molecule is CC(C)(C)[C@]1(O)C[C@@H]2OC(=O)C[C@@]23C(=O)O[C@@H]2N(c4cccc5c4OCO5)C(=O)[C@H](OC(=O)c4ccccc4)[C@]213. The van der Waals surface area contributed by atoms with Crippen molar-refractivity contribution in [2.45, 2.75) is 57.6 Å². The van der Waals surface area contributed by atoms with Crippen LogP contribution in [0.1, 0.15) is 44.0 Å². The molecule has 2 aromatic rings. The van der Waals surface area contributed by atoms with E-state index in [-0.39, 0.29) is 30.2 Å². The highest BCUT2D eigenvalue weighted by molar-refractivity contribution is 6.08. The normalized spacial score (nSPS) is 35.2. The summed E-state index contributed by atoms with van der Waals surface area (Å²) in [5.41, 5.74) is -6.16. The monoisotopic (exact) mass is 549 g/mol. The van der Waals surface area contributed by atoms with Gasteiger partial charge in [-0.3, -0.25) is 19.3 Å². The molecule has 1 saturated carbocycles. The molecule has 11 nitrogen and oxygen atoms in total. The van der Waals surface area contributed by atoms with E-state index < -0.39 is 70.5 Å². The summed E-state index contributed by atoms with van der Waals surface area (Å²) in [5, 5.41) is 12.7. The third-order valence-electron chi connectivity index (χ3n) is 9.34. The fraction of sp³-hybridized carbons (Fsp3) is 0.448. The number of aliphatic hydroxyl groups is 1. The predicted molar refractivity (Wildman–Crippen MR) is 134 cm³/mol. The van der Waals surface area contributed by atoms with Crippen LogP contribution in [0, 0.1) is 16.2 Å². The van der Waals surface area contributed by atoms with Gasteiger partial charge in [-0.05, 0) is 29.7 Å². The molecule has 2 aromatic carbocycles. The fourth-order valence-electron chi connectivity index (χ4n) is 7.62. The quantitative estimate of drug-likeness (QED) is 0.449. The molecule has 11 heteroatoms. The van der Waals surface area contributed by atoms with E-state index >= 15 is 0 Å². The zero-order valence-corrected chi connectivity index (χ0v) is 22.0. The van der Waals surface area contributed by atoms with Gasteiger partial charge in [0, 0.05) is 6.42 Å². The Morgan fingerprint density at radius 3 is 2.50 bits per heavy atom. The second-order valence-corrected chi connectivity index (χ2v) is 11.9. The number of carbonyl (C=O) groups excluding carboxylic acids is 4. The molecule has 4 aliphatic heterocycles. The van der Waals surface area contributed by atoms with Crippen LogP contribution in [0.4, 0.5) is 5.69 Å². The van der Waals surface area contributed by atoms with Crippen molar-refractivity contribution in [2.24, 2.45) is 16.2 Å². The third-order valence-corrected chi connectivity index (χ3v) is 9.34. The summed E-state index contributed by atoms with van der Waals surface area (Å²) >= 11 is 0. The minimum atomic E-state index is -1.91. The number of hydrogen-bond donors (Lipinski definition) is 1. The van der Waals surface area contributed by atoms with Crippen LogP contribution in [-0.4, -0.2) is 59.8 Å². The molecule has 40 heavy (non-hydrogen) atoms. The van der Waals surface area contributed by atoms with Gasteiger partial charge in [0.05, 0.1) is 23.3 Å². The number of amides is 1. The molecule has 7 rings (SSSR count). The van der Waals surface area contributed by atoms with Crippen LogP contribution < -0.4 is 14.4 Å². The molecule has 3 saturated heterocycles. The molecule has 0 radical (unpaired) electrons. The van der Waals surface area contributed by atoms with Gasteiger partial charge in [0.1, 0.15) is 16.9 Å². The van der Waals surface area contributed by atoms with Crippen LogP contribution in [0.2, 0.25) is 0 Å². The lowest BCUT2D eigenvalue weighted by Crippen LogP contribution is -2.66. The number of carbonyl (C=O) groups is 4. The molecular weight excluding hydrogens is 522 g/mol. The Morgan fingerprint density at radius 1 is 1.02 bits per heavy atom. The number of fused-ring (bicyclic) bond motifs is 1. The molecule has 0 aromatic heterocycles. The number of benzene rings is 2. The van der Waals surface area contributed by atoms with Crippen LogP contribution in [-0.2, 0) is 28.6 Å². The highest BCUT2D eigenvalue weighted by Gasteiger charge is 2.94. The first-order chi connectivity index (χ1) is 19.0. The van der Waals surface area contributed by atoms with E-state index in [1.165, 1.54) is 17.0 Å². The number of ether oxygens (including phenoxy) is 5. The van der Waals surface area contributed by atoms with Crippen molar-refractivity contribution >= 4 is 29.5 Å². The lowest BCUT2D eigenvalue weighted by Gasteiger charge is -2.51. The van der Waals surface area contributed by atoms with Crippen LogP contribution in [0.15, 0.2) is 48.5 Å². The first-order valence-corrected chi connectivity index (χ1v) is 13.1. The third kappa shape index (κ3) is 2.68. The smallest absolute Gasteiger partial charge is 0.338 e. The molecule has 6 atom stereocenters. The maximum atomic E-state index is 14.5. The minimum Gasteiger partial charge on any atom is -0.461 e. The van der Waals surface area contributed by atoms with Gasteiger partial charge >= 0.3 is 17.9 Å². The summed E-state index contributed by atoms with van der Waals surface area (Å²) in [4.78, 5) is 56.0. The van der Waals surface area contributed by atoms with Crippen molar-refractivity contribution in [3.05, 3.63) is 54.1 Å². The maximum absolute atomic E-state index is 14.5. The summed E-state index contributed by atoms with van der Waals surface area (Å²) in [6.45, 7) is 5.20. The number of esters is 3. The Morgan fingerprint density at radius 2 is 1.77 bits per heavy atom. The first kappa shape index (κ1) is 24.9. The minimum absolute atomic E-state index is 0.0866. The van der Waals surface area contributed by atoms with E-state index in [1.807, 2.05) is 0 Å². The highest BCUT2D eigenvalue weighted by Crippen LogP contribution is 2.76. The molecule has 0 bridgehead atoms. The van der Waals surface area contributed by atoms with E-state index in [2.05, 4.69) is 0 Å². The van der Waals surface area contributed by atoms with Crippen molar-refractivity contribution in [1.29, 1.82) is 0 Å². The molecular formula is C29H27NO10. The topological polar surface area (TPSA) is 138 Å². The Hall–Kier alpha value is -4.12. The molecule has 208 valence electrons. The average molecular weight is 550 g/mol. The van der Waals surface area contributed by atoms with Gasteiger partial charge < -0.3 is 28.8 Å². The summed E-state index contributed by atoms with van der Waals surface area (Å²) in [6.07, 6.45) is -4.83. The van der Waals surface area contributed by atoms with Gasteiger partial charge in [0.15, 0.2) is 23.8 Å². The van der Waals surface area contributed by atoms with E-state index in [1.54, 1.807) is 57.2 Å². The van der Waals surface area contributed by atoms with E-state index in [9.17, 15) is 24.3 Å². The molecule has 5 aliphatic rings. The standard InChI is InChI=1S/C29H27NO10/c1-26(2,3)28(35)12-18-27(13-19(31)38-18)25(34)40-24-29(27,28)21(39-23(33)15-8-5-4-6-9-15)22(32)30(24)16-10-7-11-17-20(16)37-14-36-17/h4-11,18,21,24,35H,12-14H2,1-3H3/t18-,21-,24-,27-,28+,29+/m0/s1. The Balaban J connectivity index is 1.50. The lowest BCUT2D eigenvalue weighted by molar-refractivity contribution is -0.204. The van der Waals surface area contributed by atoms with Crippen molar-refractivity contribution in [3.63, 3.8) is 0 Å². The number of nitrogens with zero attached hydrogens (tertiary/aromatic N) is 1. The van der Waals surface area contributed by atoms with E-state index in [4.69, 9.17) is 23.7 Å². The molecule has 4 heterocycles. The first-order valence-electron chi connectivity index (χ1n) is 13.1. The van der Waals surface area contributed by atoms with Crippen LogP contribution in [0.5, 0.6) is 11.5 Å². The Kier molecular flexibility index (Phi) is 4.82. The zero-order valence-electron chi connectivity index (χ0n) is 22.0. The van der Waals surface area contributed by atoms with Crippen LogP contribution in [0.25, 0.3) is 0 Å². The van der Waals surface area contributed by atoms with Gasteiger partial charge in [-0.25, -0.2) is 4.79 Å². The summed E-state index contributed by atoms with van der Waals surface area (Å²) in [6, 6.07) is 13.0. The second-order valence-electron chi connectivity index (χ2n) is 11.9. The van der Waals surface area contributed by atoms with Crippen LogP contribution in [0.3, 0.4) is 0 Å². The summed E-state index contributed by atoms with van der Waals surface area (Å²) in [5.74, 6) is -2.40. The van der Waals surface area contributed by atoms with Gasteiger partial charge in [0.2, 0.25) is 6.79 Å². The van der Waals surface area contributed by atoms with Gasteiger partial charge in [0.25, 0.3) is 5.91 Å². The maximum Gasteiger partial charge on any atom is 0.338 e. The number of anilines is 1. The van der Waals surface area contributed by atoms with Gasteiger partial charge in [-0.15, -0.1) is 0 Å². The van der Waals surface area contributed by atoms with Crippen molar-refractivity contribution in [1.82, 2.24) is 0 Å². The van der Waals surface area contributed by atoms with Gasteiger partial charge in [-0.1, -0.05) is 45.0 Å². The van der Waals surface area contributed by atoms with Crippen molar-refractivity contribution < 1.29 is 48.0 Å². The molecule has 0 unspecified atom stereocenters. The fourth-order valence-corrected chi connectivity index (χ4v) is 7.62. The molecule has 1 amide bonds. The molecule has 2 spiro atoms. The number of rotatable bonds is 3. The molecule has 1 aliphatic carbocycles. The number of para-hydroxylation sites is 1. The average Bonchev–Trinajstić information content (AvgIpc) is 3.66. The van der Waals surface area contributed by atoms with Crippen LogP contribution >= 0.6 is 0 Å². The van der Waals surface area contributed by atoms with Crippen molar-refractivity contribution in [3.8, 4) is 11.5 Å². The zero-order chi connectivity index (χ0) is 28.2. The molecule has 4 fully saturated rings. The highest BCUT2D eigenvalue weighted by atomic mass is 16.7. The largest absolute Gasteiger partial charge is 0.461 e. The van der Waals surface area contributed by atoms with E-state index in [0.29, 0.717) is 5.75 Å². The second kappa shape index (κ2) is 7.75. The number of hydrogen-bond acceptors (Lipinski definition) is 10. The summed E-state index contributed by atoms with van der Waals surface area (Å²) < 4.78 is 28.8. The van der Waals surface area contributed by atoms with Gasteiger partial charge in [-0.2, -0.15) is 0 Å².